The lowest BCUT2D eigenvalue weighted by atomic mass is 10.2. The minimum absolute atomic E-state index is 0.434. The molecule has 0 aliphatic carbocycles. The summed E-state index contributed by atoms with van der Waals surface area (Å²) >= 11 is 3.31. The number of nitrogens with zero attached hydrogens (tertiary/aromatic N) is 1. The number of benzene rings is 1. The zero-order valence-corrected chi connectivity index (χ0v) is 11.9. The van der Waals surface area contributed by atoms with Gasteiger partial charge < -0.3 is 14.2 Å². The Morgan fingerprint density at radius 3 is 2.78 bits per heavy atom. The third kappa shape index (κ3) is 5.50. The fourth-order valence-corrected chi connectivity index (χ4v) is 1.69. The molecule has 18 heavy (non-hydrogen) atoms. The second kappa shape index (κ2) is 8.92. The Kier molecular flexibility index (Phi) is 7.42. The Morgan fingerprint density at radius 1 is 1.22 bits per heavy atom. The zero-order chi connectivity index (χ0) is 13.2. The molecule has 0 N–H and O–H groups in total. The molecule has 0 aliphatic heterocycles. The van der Waals surface area contributed by atoms with Gasteiger partial charge in [-0.25, -0.2) is 0 Å². The summed E-state index contributed by atoms with van der Waals surface area (Å²) in [7, 11) is 1.67. The highest BCUT2D eigenvalue weighted by atomic mass is 79.9. The number of hydrogen-bond donors (Lipinski definition) is 0. The molecule has 0 radical (unpaired) electrons. The summed E-state index contributed by atoms with van der Waals surface area (Å²) in [5, 5.41) is 8.95. The molecule has 5 heteroatoms. The van der Waals surface area contributed by atoms with Crippen molar-refractivity contribution >= 4 is 15.9 Å². The highest BCUT2D eigenvalue weighted by Gasteiger charge is 2.03. The summed E-state index contributed by atoms with van der Waals surface area (Å²) in [5.74, 6) is 0.584. The zero-order valence-electron chi connectivity index (χ0n) is 10.3. The number of nitriles is 1. The molecule has 0 spiro atoms. The van der Waals surface area contributed by atoms with Gasteiger partial charge in [-0.3, -0.25) is 0 Å². The van der Waals surface area contributed by atoms with Crippen LogP contribution in [0.1, 0.15) is 12.0 Å². The van der Waals surface area contributed by atoms with Crippen LogP contribution in [0.2, 0.25) is 0 Å². The van der Waals surface area contributed by atoms with Crippen molar-refractivity contribution in [2.45, 2.75) is 6.42 Å². The first kappa shape index (κ1) is 15.0. The van der Waals surface area contributed by atoms with E-state index in [1.165, 1.54) is 0 Å². The maximum absolute atomic E-state index is 8.95. The molecule has 0 unspecified atom stereocenters. The predicted molar refractivity (Wildman–Crippen MR) is 71.7 cm³/mol. The Balaban J connectivity index is 2.25. The van der Waals surface area contributed by atoms with Crippen LogP contribution >= 0.6 is 15.9 Å². The van der Waals surface area contributed by atoms with Gasteiger partial charge in [0.1, 0.15) is 18.4 Å². The van der Waals surface area contributed by atoms with Crippen LogP contribution in [0.15, 0.2) is 22.7 Å². The summed E-state index contributed by atoms with van der Waals surface area (Å²) in [5.41, 5.74) is 0.517. The van der Waals surface area contributed by atoms with Gasteiger partial charge in [-0.1, -0.05) is 15.9 Å². The van der Waals surface area contributed by atoms with E-state index in [2.05, 4.69) is 22.0 Å². The molecule has 0 amide bonds. The first-order valence-corrected chi connectivity index (χ1v) is 6.46. The number of halogens is 1. The molecule has 0 fully saturated rings. The summed E-state index contributed by atoms with van der Waals surface area (Å²) in [4.78, 5) is 0. The van der Waals surface area contributed by atoms with E-state index in [9.17, 15) is 0 Å². The maximum atomic E-state index is 8.95. The van der Waals surface area contributed by atoms with E-state index in [1.807, 2.05) is 6.07 Å². The number of ether oxygens (including phenoxy) is 3. The van der Waals surface area contributed by atoms with Crippen LogP contribution in [0.4, 0.5) is 0 Å². The summed E-state index contributed by atoms with van der Waals surface area (Å²) in [6.07, 6.45) is 0.873. The van der Waals surface area contributed by atoms with Crippen molar-refractivity contribution in [2.75, 3.05) is 33.5 Å². The van der Waals surface area contributed by atoms with Crippen molar-refractivity contribution in [3.05, 3.63) is 28.2 Å². The molecule has 0 aliphatic rings. The van der Waals surface area contributed by atoms with E-state index >= 15 is 0 Å². The van der Waals surface area contributed by atoms with Crippen LogP contribution in [-0.4, -0.2) is 33.5 Å². The summed E-state index contributed by atoms with van der Waals surface area (Å²) in [6, 6.07) is 7.44. The van der Waals surface area contributed by atoms with Crippen molar-refractivity contribution < 1.29 is 14.2 Å². The molecule has 0 saturated carbocycles. The van der Waals surface area contributed by atoms with Crippen molar-refractivity contribution in [2.24, 2.45) is 0 Å². The Morgan fingerprint density at radius 2 is 2.06 bits per heavy atom. The van der Waals surface area contributed by atoms with E-state index in [4.69, 9.17) is 19.5 Å². The Labute approximate surface area is 116 Å². The van der Waals surface area contributed by atoms with Gasteiger partial charge in [-0.15, -0.1) is 0 Å². The Hall–Kier alpha value is -1.09. The van der Waals surface area contributed by atoms with E-state index in [1.54, 1.807) is 19.2 Å². The van der Waals surface area contributed by atoms with Crippen molar-refractivity contribution in [1.82, 2.24) is 0 Å². The molecule has 0 saturated heterocycles. The van der Waals surface area contributed by atoms with Crippen LogP contribution in [0.25, 0.3) is 0 Å². The summed E-state index contributed by atoms with van der Waals surface area (Å²) < 4.78 is 16.6. The second-order valence-corrected chi connectivity index (χ2v) is 4.48. The normalized spacial score (nSPS) is 10.1. The van der Waals surface area contributed by atoms with Crippen molar-refractivity contribution in [3.63, 3.8) is 0 Å². The highest BCUT2D eigenvalue weighted by molar-refractivity contribution is 9.10. The lowest BCUT2D eigenvalue weighted by Gasteiger charge is -2.08. The van der Waals surface area contributed by atoms with E-state index < -0.39 is 0 Å². The maximum Gasteiger partial charge on any atom is 0.137 e. The van der Waals surface area contributed by atoms with Crippen LogP contribution in [0, 0.1) is 11.3 Å². The van der Waals surface area contributed by atoms with Gasteiger partial charge in [0, 0.05) is 24.8 Å². The third-order valence-electron chi connectivity index (χ3n) is 2.18. The van der Waals surface area contributed by atoms with Crippen LogP contribution < -0.4 is 4.74 Å². The number of methoxy groups -OCH3 is 1. The standard InChI is InChI=1S/C13H16BrNO3/c1-16-5-2-6-17-7-8-18-13-4-3-12(14)9-11(13)10-15/h3-4,9H,2,5-8H2,1H3. The first-order chi connectivity index (χ1) is 8.77. The fraction of sp³-hybridized carbons (Fsp3) is 0.462. The van der Waals surface area contributed by atoms with Crippen molar-refractivity contribution in [3.8, 4) is 11.8 Å². The number of hydrogen-bond acceptors (Lipinski definition) is 4. The highest BCUT2D eigenvalue weighted by Crippen LogP contribution is 2.22. The molecule has 1 aromatic rings. The van der Waals surface area contributed by atoms with Gasteiger partial charge in [0.05, 0.1) is 12.2 Å². The third-order valence-corrected chi connectivity index (χ3v) is 2.68. The van der Waals surface area contributed by atoms with E-state index in [-0.39, 0.29) is 0 Å². The van der Waals surface area contributed by atoms with Gasteiger partial charge in [0.25, 0.3) is 0 Å². The molecule has 1 aromatic carbocycles. The smallest absolute Gasteiger partial charge is 0.137 e. The lowest BCUT2D eigenvalue weighted by Crippen LogP contribution is -2.09. The molecule has 0 heterocycles. The van der Waals surface area contributed by atoms with E-state index in [0.29, 0.717) is 37.7 Å². The van der Waals surface area contributed by atoms with Gasteiger partial charge in [0.15, 0.2) is 0 Å². The van der Waals surface area contributed by atoms with Gasteiger partial charge in [-0.05, 0) is 24.6 Å². The fourth-order valence-electron chi connectivity index (χ4n) is 1.33. The average Bonchev–Trinajstić information content (AvgIpc) is 2.39. The van der Waals surface area contributed by atoms with Crippen LogP contribution in [-0.2, 0) is 9.47 Å². The molecular formula is C13H16BrNO3. The van der Waals surface area contributed by atoms with Crippen LogP contribution in [0.5, 0.6) is 5.75 Å². The molecule has 4 nitrogen and oxygen atoms in total. The molecule has 1 rings (SSSR count). The first-order valence-electron chi connectivity index (χ1n) is 5.67. The Bertz CT molecular complexity index is 404. The quantitative estimate of drug-likeness (QED) is 0.692. The lowest BCUT2D eigenvalue weighted by molar-refractivity contribution is 0.0806. The average molecular weight is 314 g/mol. The van der Waals surface area contributed by atoms with E-state index in [0.717, 1.165) is 10.9 Å². The molecule has 98 valence electrons. The van der Waals surface area contributed by atoms with Gasteiger partial charge >= 0.3 is 0 Å². The predicted octanol–water partition coefficient (Wildman–Crippen LogP) is 2.75. The monoisotopic (exact) mass is 313 g/mol. The summed E-state index contributed by atoms with van der Waals surface area (Å²) in [6.45, 7) is 2.29. The number of rotatable bonds is 8. The minimum atomic E-state index is 0.434. The van der Waals surface area contributed by atoms with Gasteiger partial charge in [0.2, 0.25) is 0 Å². The largest absolute Gasteiger partial charge is 0.490 e. The SMILES string of the molecule is COCCCOCCOc1ccc(Br)cc1C#N. The second-order valence-electron chi connectivity index (χ2n) is 3.56. The topological polar surface area (TPSA) is 51.5 Å². The molecular weight excluding hydrogens is 298 g/mol. The minimum Gasteiger partial charge on any atom is -0.490 e. The molecule has 0 atom stereocenters. The van der Waals surface area contributed by atoms with Crippen molar-refractivity contribution in [1.29, 1.82) is 5.26 Å². The van der Waals surface area contributed by atoms with Gasteiger partial charge in [-0.2, -0.15) is 5.26 Å². The van der Waals surface area contributed by atoms with Crippen LogP contribution in [0.3, 0.4) is 0 Å². The molecule has 0 bridgehead atoms. The molecule has 0 aromatic heterocycles.